The van der Waals surface area contributed by atoms with Crippen molar-refractivity contribution in [3.63, 3.8) is 0 Å². The van der Waals surface area contributed by atoms with Gasteiger partial charge in [0.2, 0.25) is 0 Å². The molecule has 0 atom stereocenters. The van der Waals surface area contributed by atoms with Gasteiger partial charge in [0.1, 0.15) is 11.8 Å². The van der Waals surface area contributed by atoms with Gasteiger partial charge in [-0.25, -0.2) is 4.79 Å². The van der Waals surface area contributed by atoms with Crippen molar-refractivity contribution in [1.29, 1.82) is 5.26 Å². The second-order valence-corrected chi connectivity index (χ2v) is 2.94. The number of ether oxygens (including phenoxy) is 1. The number of esters is 1. The summed E-state index contributed by atoms with van der Waals surface area (Å²) in [5, 5.41) is 18.4. The zero-order chi connectivity index (χ0) is 12.0. The molecule has 0 aromatic heterocycles. The third-order valence-electron chi connectivity index (χ3n) is 1.86. The second-order valence-electron chi connectivity index (χ2n) is 2.94. The number of aromatic hydroxyl groups is 1. The van der Waals surface area contributed by atoms with Gasteiger partial charge < -0.3 is 9.84 Å². The molecule has 16 heavy (non-hydrogen) atoms. The zero-order valence-electron chi connectivity index (χ0n) is 8.80. The molecule has 0 radical (unpaired) electrons. The van der Waals surface area contributed by atoms with Gasteiger partial charge in [-0.1, -0.05) is 12.1 Å². The number of para-hydroxylation sites is 1. The Kier molecular flexibility index (Phi) is 4.10. The minimum atomic E-state index is -0.595. The molecule has 0 fully saturated rings. The normalized spacial score (nSPS) is 10.6. The van der Waals surface area contributed by atoms with Crippen molar-refractivity contribution in [1.82, 2.24) is 0 Å². The van der Waals surface area contributed by atoms with E-state index in [4.69, 9.17) is 5.26 Å². The van der Waals surface area contributed by atoms with Crippen molar-refractivity contribution < 1.29 is 14.6 Å². The summed E-state index contributed by atoms with van der Waals surface area (Å²) >= 11 is 0. The number of hydrogen-bond donors (Lipinski definition) is 1. The molecule has 0 aliphatic carbocycles. The number of nitriles is 1. The van der Waals surface area contributed by atoms with Crippen LogP contribution in [0.5, 0.6) is 5.75 Å². The van der Waals surface area contributed by atoms with E-state index < -0.39 is 5.97 Å². The van der Waals surface area contributed by atoms with E-state index in [2.05, 4.69) is 4.74 Å². The Morgan fingerprint density at radius 3 is 2.81 bits per heavy atom. The fourth-order valence-corrected chi connectivity index (χ4v) is 1.17. The standard InChI is InChI=1S/C12H11NO3/c1-2-16-12(15)7-9(8-13)10-5-3-4-6-11(10)14/h3-7,14H,2H2,1H3. The summed E-state index contributed by atoms with van der Waals surface area (Å²) in [5.74, 6) is -0.637. The van der Waals surface area contributed by atoms with Gasteiger partial charge in [-0.3, -0.25) is 0 Å². The van der Waals surface area contributed by atoms with E-state index in [1.54, 1.807) is 25.1 Å². The van der Waals surface area contributed by atoms with Crippen molar-refractivity contribution in [2.75, 3.05) is 6.61 Å². The number of benzene rings is 1. The Morgan fingerprint density at radius 1 is 1.56 bits per heavy atom. The average molecular weight is 217 g/mol. The first kappa shape index (κ1) is 11.8. The number of carbonyl (C=O) groups is 1. The fraction of sp³-hybridized carbons (Fsp3) is 0.167. The Bertz CT molecular complexity index is 458. The lowest BCUT2D eigenvalue weighted by Gasteiger charge is -2.02. The monoisotopic (exact) mass is 217 g/mol. The van der Waals surface area contributed by atoms with Gasteiger partial charge in [-0.2, -0.15) is 5.26 Å². The van der Waals surface area contributed by atoms with Crippen LogP contribution in [-0.2, 0) is 9.53 Å². The highest BCUT2D eigenvalue weighted by Crippen LogP contribution is 2.23. The number of phenolic OH excluding ortho intramolecular Hbond substituents is 1. The SMILES string of the molecule is CCOC(=O)C=C(C#N)c1ccccc1O. The van der Waals surface area contributed by atoms with Crippen molar-refractivity contribution in [3.8, 4) is 11.8 Å². The number of nitrogens with zero attached hydrogens (tertiary/aromatic N) is 1. The van der Waals surface area contributed by atoms with E-state index in [1.807, 2.05) is 6.07 Å². The summed E-state index contributed by atoms with van der Waals surface area (Å²) in [4.78, 5) is 11.2. The lowest BCUT2D eigenvalue weighted by Crippen LogP contribution is -2.00. The molecule has 0 aliphatic rings. The molecule has 4 nitrogen and oxygen atoms in total. The van der Waals surface area contributed by atoms with Crippen molar-refractivity contribution in [3.05, 3.63) is 35.9 Å². The predicted octanol–water partition coefficient (Wildman–Crippen LogP) is 1.86. The maximum atomic E-state index is 11.2. The fourth-order valence-electron chi connectivity index (χ4n) is 1.17. The van der Waals surface area contributed by atoms with Gasteiger partial charge in [-0.15, -0.1) is 0 Å². The predicted molar refractivity (Wildman–Crippen MR) is 58.3 cm³/mol. The summed E-state index contributed by atoms with van der Waals surface area (Å²) in [6.45, 7) is 1.92. The van der Waals surface area contributed by atoms with Crippen LogP contribution in [0.4, 0.5) is 0 Å². The van der Waals surface area contributed by atoms with Gasteiger partial charge in [0.15, 0.2) is 0 Å². The molecular formula is C12H11NO3. The lowest BCUT2D eigenvalue weighted by atomic mass is 10.1. The van der Waals surface area contributed by atoms with Gasteiger partial charge in [0.25, 0.3) is 0 Å². The quantitative estimate of drug-likeness (QED) is 0.476. The highest BCUT2D eigenvalue weighted by atomic mass is 16.5. The summed E-state index contributed by atoms with van der Waals surface area (Å²) < 4.78 is 4.69. The maximum absolute atomic E-state index is 11.2. The molecule has 82 valence electrons. The Balaban J connectivity index is 3.05. The van der Waals surface area contributed by atoms with E-state index in [9.17, 15) is 9.90 Å². The highest BCUT2D eigenvalue weighted by molar-refractivity contribution is 5.96. The molecule has 0 bridgehead atoms. The van der Waals surface area contributed by atoms with Crippen molar-refractivity contribution in [2.45, 2.75) is 6.92 Å². The van der Waals surface area contributed by atoms with E-state index >= 15 is 0 Å². The molecule has 1 N–H and O–H groups in total. The summed E-state index contributed by atoms with van der Waals surface area (Å²) in [6, 6.07) is 8.17. The van der Waals surface area contributed by atoms with Gasteiger partial charge in [-0.05, 0) is 19.1 Å². The summed E-state index contributed by atoms with van der Waals surface area (Å²) in [5.41, 5.74) is 0.398. The third kappa shape index (κ3) is 2.85. The van der Waals surface area contributed by atoms with Crippen molar-refractivity contribution >= 4 is 11.5 Å². The van der Waals surface area contributed by atoms with Gasteiger partial charge in [0.05, 0.1) is 12.2 Å². The molecule has 1 aromatic carbocycles. The van der Waals surface area contributed by atoms with Crippen LogP contribution in [0.1, 0.15) is 12.5 Å². The van der Waals surface area contributed by atoms with E-state index in [0.29, 0.717) is 5.56 Å². The molecule has 0 amide bonds. The van der Waals surface area contributed by atoms with Crippen LogP contribution in [0, 0.1) is 11.3 Å². The Hall–Kier alpha value is -2.28. The first-order valence-electron chi connectivity index (χ1n) is 4.76. The van der Waals surface area contributed by atoms with Gasteiger partial charge in [0, 0.05) is 11.6 Å². The van der Waals surface area contributed by atoms with Gasteiger partial charge >= 0.3 is 5.97 Å². The van der Waals surface area contributed by atoms with Crippen LogP contribution in [0.2, 0.25) is 0 Å². The molecule has 0 unspecified atom stereocenters. The molecule has 0 aliphatic heterocycles. The topological polar surface area (TPSA) is 70.3 Å². The van der Waals surface area contributed by atoms with Crippen LogP contribution in [0.25, 0.3) is 5.57 Å². The smallest absolute Gasteiger partial charge is 0.332 e. The molecule has 1 rings (SSSR count). The Labute approximate surface area is 93.4 Å². The second kappa shape index (κ2) is 5.56. The van der Waals surface area contributed by atoms with Crippen LogP contribution >= 0.6 is 0 Å². The molecule has 0 saturated carbocycles. The Morgan fingerprint density at radius 2 is 2.25 bits per heavy atom. The van der Waals surface area contributed by atoms with E-state index in [1.165, 1.54) is 6.07 Å². The molecular weight excluding hydrogens is 206 g/mol. The van der Waals surface area contributed by atoms with Crippen LogP contribution in [0.15, 0.2) is 30.3 Å². The van der Waals surface area contributed by atoms with Crippen LogP contribution in [0.3, 0.4) is 0 Å². The molecule has 4 heteroatoms. The minimum absolute atomic E-state index is 0.0420. The highest BCUT2D eigenvalue weighted by Gasteiger charge is 2.08. The number of rotatable bonds is 3. The van der Waals surface area contributed by atoms with Crippen LogP contribution < -0.4 is 0 Å². The number of carbonyl (C=O) groups excluding carboxylic acids is 1. The van der Waals surface area contributed by atoms with Crippen molar-refractivity contribution in [2.24, 2.45) is 0 Å². The average Bonchev–Trinajstić information content (AvgIpc) is 2.27. The molecule has 0 heterocycles. The van der Waals surface area contributed by atoms with E-state index in [0.717, 1.165) is 6.08 Å². The largest absolute Gasteiger partial charge is 0.507 e. The first-order valence-corrected chi connectivity index (χ1v) is 4.76. The number of allylic oxidation sites excluding steroid dienone is 1. The number of hydrogen-bond acceptors (Lipinski definition) is 4. The summed E-state index contributed by atoms with van der Waals surface area (Å²) in [7, 11) is 0. The molecule has 0 spiro atoms. The van der Waals surface area contributed by atoms with E-state index in [-0.39, 0.29) is 17.9 Å². The maximum Gasteiger partial charge on any atom is 0.332 e. The number of phenols is 1. The minimum Gasteiger partial charge on any atom is -0.507 e. The zero-order valence-corrected chi connectivity index (χ0v) is 8.80. The third-order valence-corrected chi connectivity index (χ3v) is 1.86. The lowest BCUT2D eigenvalue weighted by molar-refractivity contribution is -0.137. The first-order chi connectivity index (χ1) is 7.69. The molecule has 0 saturated heterocycles. The molecule has 1 aromatic rings. The van der Waals surface area contributed by atoms with Crippen LogP contribution in [-0.4, -0.2) is 17.7 Å². The summed E-state index contributed by atoms with van der Waals surface area (Å²) in [6.07, 6.45) is 1.07.